The van der Waals surface area contributed by atoms with Crippen LogP contribution in [0.2, 0.25) is 0 Å². The lowest BCUT2D eigenvalue weighted by molar-refractivity contribution is -0.121. The molecule has 0 spiro atoms. The van der Waals surface area contributed by atoms with E-state index in [1.165, 1.54) is 19.3 Å². The van der Waals surface area contributed by atoms with Gasteiger partial charge in [-0.25, -0.2) is 0 Å². The fourth-order valence-electron chi connectivity index (χ4n) is 2.77. The smallest absolute Gasteiger partial charge is 0.146 e. The van der Waals surface area contributed by atoms with Crippen molar-refractivity contribution in [2.24, 2.45) is 5.92 Å². The fourth-order valence-corrected chi connectivity index (χ4v) is 2.77. The van der Waals surface area contributed by atoms with Gasteiger partial charge >= 0.3 is 0 Å². The molecule has 0 amide bonds. The molecule has 1 unspecified atom stereocenters. The summed E-state index contributed by atoms with van der Waals surface area (Å²) in [6, 6.07) is 0.216. The molecule has 0 aliphatic carbocycles. The molecule has 0 aromatic carbocycles. The summed E-state index contributed by atoms with van der Waals surface area (Å²) in [5.41, 5.74) is 0. The van der Waals surface area contributed by atoms with Crippen molar-refractivity contribution in [3.05, 3.63) is 0 Å². The minimum atomic E-state index is 0.216. The van der Waals surface area contributed by atoms with Gasteiger partial charge in [0.1, 0.15) is 5.78 Å². The van der Waals surface area contributed by atoms with Crippen LogP contribution in [0.4, 0.5) is 0 Å². The SMILES string of the molecule is CC(=O)C1CCCN1CC1CCOCC1. The van der Waals surface area contributed by atoms with E-state index in [0.717, 1.165) is 38.6 Å². The molecule has 2 rings (SSSR count). The number of likely N-dealkylation sites (tertiary alicyclic amines) is 1. The minimum Gasteiger partial charge on any atom is -0.381 e. The first kappa shape index (κ1) is 11.1. The van der Waals surface area contributed by atoms with Crippen molar-refractivity contribution in [3.8, 4) is 0 Å². The molecule has 2 heterocycles. The van der Waals surface area contributed by atoms with Crippen molar-refractivity contribution in [2.45, 2.75) is 38.6 Å². The zero-order valence-corrected chi connectivity index (χ0v) is 9.58. The lowest BCUT2D eigenvalue weighted by Crippen LogP contribution is -2.39. The average molecular weight is 211 g/mol. The van der Waals surface area contributed by atoms with Crippen LogP contribution in [0, 0.1) is 5.92 Å². The van der Waals surface area contributed by atoms with Gasteiger partial charge in [0.15, 0.2) is 0 Å². The van der Waals surface area contributed by atoms with Crippen molar-refractivity contribution in [2.75, 3.05) is 26.3 Å². The Labute approximate surface area is 91.8 Å². The predicted octanol–water partition coefficient (Wildman–Crippen LogP) is 1.47. The third-order valence-corrected chi connectivity index (χ3v) is 3.67. The van der Waals surface area contributed by atoms with Gasteiger partial charge in [-0.2, -0.15) is 0 Å². The van der Waals surface area contributed by atoms with E-state index in [0.29, 0.717) is 5.78 Å². The maximum atomic E-state index is 11.4. The largest absolute Gasteiger partial charge is 0.381 e. The fraction of sp³-hybridized carbons (Fsp3) is 0.917. The second-order valence-corrected chi connectivity index (χ2v) is 4.82. The van der Waals surface area contributed by atoms with E-state index in [1.54, 1.807) is 6.92 Å². The van der Waals surface area contributed by atoms with E-state index in [2.05, 4.69) is 4.90 Å². The Bertz CT molecular complexity index is 224. The predicted molar refractivity (Wildman–Crippen MR) is 58.8 cm³/mol. The normalized spacial score (nSPS) is 29.5. The van der Waals surface area contributed by atoms with Crippen molar-refractivity contribution >= 4 is 5.78 Å². The van der Waals surface area contributed by atoms with Crippen LogP contribution in [-0.4, -0.2) is 43.0 Å². The number of hydrogen-bond donors (Lipinski definition) is 0. The van der Waals surface area contributed by atoms with Crippen LogP contribution in [0.5, 0.6) is 0 Å². The van der Waals surface area contributed by atoms with Gasteiger partial charge in [-0.1, -0.05) is 0 Å². The van der Waals surface area contributed by atoms with Crippen LogP contribution < -0.4 is 0 Å². The third kappa shape index (κ3) is 2.79. The Kier molecular flexibility index (Phi) is 3.76. The molecule has 0 bridgehead atoms. The van der Waals surface area contributed by atoms with Gasteiger partial charge in [-0.3, -0.25) is 9.69 Å². The van der Waals surface area contributed by atoms with Gasteiger partial charge in [0.2, 0.25) is 0 Å². The Hall–Kier alpha value is -0.410. The number of Topliss-reactive ketones (excluding diaryl/α,β-unsaturated/α-hetero) is 1. The summed E-state index contributed by atoms with van der Waals surface area (Å²) in [6.07, 6.45) is 4.59. The Morgan fingerprint density at radius 2 is 2.07 bits per heavy atom. The monoisotopic (exact) mass is 211 g/mol. The molecule has 0 radical (unpaired) electrons. The highest BCUT2D eigenvalue weighted by atomic mass is 16.5. The molecule has 2 saturated heterocycles. The quantitative estimate of drug-likeness (QED) is 0.708. The maximum Gasteiger partial charge on any atom is 0.146 e. The second-order valence-electron chi connectivity index (χ2n) is 4.82. The third-order valence-electron chi connectivity index (χ3n) is 3.67. The van der Waals surface area contributed by atoms with Gasteiger partial charge in [0, 0.05) is 19.8 Å². The van der Waals surface area contributed by atoms with E-state index in [1.807, 2.05) is 0 Å². The van der Waals surface area contributed by atoms with E-state index in [9.17, 15) is 4.79 Å². The molecule has 2 fully saturated rings. The molecule has 3 heteroatoms. The number of carbonyl (C=O) groups excluding carboxylic acids is 1. The standard InChI is InChI=1S/C12H21NO2/c1-10(14)12-3-2-6-13(12)9-11-4-7-15-8-5-11/h11-12H,2-9H2,1H3. The molecule has 2 aliphatic rings. The van der Waals surface area contributed by atoms with Crippen molar-refractivity contribution in [3.63, 3.8) is 0 Å². The van der Waals surface area contributed by atoms with E-state index < -0.39 is 0 Å². The minimum absolute atomic E-state index is 0.216. The zero-order valence-electron chi connectivity index (χ0n) is 9.58. The molecular formula is C12H21NO2. The molecule has 86 valence electrons. The molecule has 0 aromatic heterocycles. The number of ether oxygens (including phenoxy) is 1. The summed E-state index contributed by atoms with van der Waals surface area (Å²) in [7, 11) is 0. The summed E-state index contributed by atoms with van der Waals surface area (Å²) in [4.78, 5) is 13.8. The average Bonchev–Trinajstić information content (AvgIpc) is 2.67. The first-order chi connectivity index (χ1) is 7.27. The topological polar surface area (TPSA) is 29.5 Å². The van der Waals surface area contributed by atoms with Gasteiger partial charge in [0.05, 0.1) is 6.04 Å². The van der Waals surface area contributed by atoms with Gasteiger partial charge < -0.3 is 4.74 Å². The maximum absolute atomic E-state index is 11.4. The number of ketones is 1. The number of nitrogens with zero attached hydrogens (tertiary/aromatic N) is 1. The lowest BCUT2D eigenvalue weighted by Gasteiger charge is -2.29. The first-order valence-corrected chi connectivity index (χ1v) is 6.09. The van der Waals surface area contributed by atoms with Crippen molar-refractivity contribution in [1.82, 2.24) is 4.90 Å². The van der Waals surface area contributed by atoms with Crippen LogP contribution in [0.1, 0.15) is 32.6 Å². The Morgan fingerprint density at radius 1 is 1.33 bits per heavy atom. The lowest BCUT2D eigenvalue weighted by atomic mass is 9.99. The molecule has 15 heavy (non-hydrogen) atoms. The summed E-state index contributed by atoms with van der Waals surface area (Å²) in [6.45, 7) is 5.76. The first-order valence-electron chi connectivity index (χ1n) is 6.09. The van der Waals surface area contributed by atoms with Crippen LogP contribution in [0.3, 0.4) is 0 Å². The van der Waals surface area contributed by atoms with Crippen LogP contribution in [0.15, 0.2) is 0 Å². The molecule has 1 atom stereocenters. The van der Waals surface area contributed by atoms with Crippen molar-refractivity contribution in [1.29, 1.82) is 0 Å². The molecular weight excluding hydrogens is 190 g/mol. The second kappa shape index (κ2) is 5.08. The highest BCUT2D eigenvalue weighted by Crippen LogP contribution is 2.23. The summed E-state index contributed by atoms with van der Waals surface area (Å²) in [5, 5.41) is 0. The van der Waals surface area contributed by atoms with Gasteiger partial charge in [0.25, 0.3) is 0 Å². The van der Waals surface area contributed by atoms with Crippen LogP contribution in [-0.2, 0) is 9.53 Å². The highest BCUT2D eigenvalue weighted by molar-refractivity contribution is 5.81. The number of hydrogen-bond acceptors (Lipinski definition) is 3. The summed E-state index contributed by atoms with van der Waals surface area (Å²) in [5.74, 6) is 1.10. The molecule has 0 saturated carbocycles. The molecule has 3 nitrogen and oxygen atoms in total. The highest BCUT2D eigenvalue weighted by Gasteiger charge is 2.30. The van der Waals surface area contributed by atoms with E-state index in [4.69, 9.17) is 4.74 Å². The molecule has 2 aliphatic heterocycles. The summed E-state index contributed by atoms with van der Waals surface area (Å²) >= 11 is 0. The molecule has 0 N–H and O–H groups in total. The Balaban J connectivity index is 1.84. The zero-order chi connectivity index (χ0) is 10.7. The van der Waals surface area contributed by atoms with Gasteiger partial charge in [-0.15, -0.1) is 0 Å². The molecule has 0 aromatic rings. The van der Waals surface area contributed by atoms with Gasteiger partial charge in [-0.05, 0) is 45.1 Å². The van der Waals surface area contributed by atoms with Crippen LogP contribution in [0.25, 0.3) is 0 Å². The van der Waals surface area contributed by atoms with Crippen molar-refractivity contribution < 1.29 is 9.53 Å². The number of rotatable bonds is 3. The van der Waals surface area contributed by atoms with E-state index >= 15 is 0 Å². The van der Waals surface area contributed by atoms with Crippen LogP contribution >= 0.6 is 0 Å². The Morgan fingerprint density at radius 3 is 2.73 bits per heavy atom. The summed E-state index contributed by atoms with van der Waals surface area (Å²) < 4.78 is 5.35. The number of carbonyl (C=O) groups is 1. The van der Waals surface area contributed by atoms with E-state index in [-0.39, 0.29) is 6.04 Å².